The Bertz CT molecular complexity index is 383. The topological polar surface area (TPSA) is 18.5 Å². The highest BCUT2D eigenvalue weighted by Crippen LogP contribution is 2.20. The molecule has 0 unspecified atom stereocenters. The number of benzene rings is 1. The van der Waals surface area contributed by atoms with E-state index in [1.165, 1.54) is 11.8 Å². The van der Waals surface area contributed by atoms with Crippen molar-refractivity contribution >= 4 is 0 Å². The van der Waals surface area contributed by atoms with Gasteiger partial charge in [-0.25, -0.2) is 0 Å². The first-order valence-electron chi connectivity index (χ1n) is 6.45. The van der Waals surface area contributed by atoms with Crippen LogP contribution in [-0.4, -0.2) is 12.7 Å². The van der Waals surface area contributed by atoms with Gasteiger partial charge in [-0.1, -0.05) is 43.0 Å². The van der Waals surface area contributed by atoms with Crippen LogP contribution in [0.15, 0.2) is 55.3 Å². The van der Waals surface area contributed by atoms with Gasteiger partial charge in [0.1, 0.15) is 6.10 Å². The zero-order valence-electron chi connectivity index (χ0n) is 10.6. The van der Waals surface area contributed by atoms with Gasteiger partial charge in [-0.05, 0) is 24.5 Å². The molecule has 0 aromatic heterocycles. The quantitative estimate of drug-likeness (QED) is 0.561. The summed E-state index contributed by atoms with van der Waals surface area (Å²) >= 11 is 0. The van der Waals surface area contributed by atoms with Crippen molar-refractivity contribution in [2.75, 3.05) is 6.61 Å². The molecule has 0 aliphatic heterocycles. The number of hydrogen-bond acceptors (Lipinski definition) is 2. The highest BCUT2D eigenvalue weighted by atomic mass is 16.5. The molecular formula is C16H20O2. The monoisotopic (exact) mass is 244 g/mol. The summed E-state index contributed by atoms with van der Waals surface area (Å²) in [6, 6.07) is 10.3. The van der Waals surface area contributed by atoms with Crippen LogP contribution in [-0.2, 0) is 16.1 Å². The molecule has 0 N–H and O–H groups in total. The molecule has 0 amide bonds. The van der Waals surface area contributed by atoms with Gasteiger partial charge >= 0.3 is 0 Å². The van der Waals surface area contributed by atoms with Gasteiger partial charge < -0.3 is 9.47 Å². The molecule has 0 spiro atoms. The molecule has 18 heavy (non-hydrogen) atoms. The Kier molecular flexibility index (Phi) is 5.03. The maximum absolute atomic E-state index is 5.74. The number of rotatable bonds is 6. The van der Waals surface area contributed by atoms with Gasteiger partial charge in [0.05, 0.1) is 19.5 Å². The van der Waals surface area contributed by atoms with E-state index in [1.54, 1.807) is 0 Å². The summed E-state index contributed by atoms with van der Waals surface area (Å²) in [7, 11) is 0. The van der Waals surface area contributed by atoms with Crippen LogP contribution in [0.2, 0.25) is 0 Å². The van der Waals surface area contributed by atoms with Crippen molar-refractivity contribution in [2.45, 2.75) is 25.6 Å². The molecule has 0 saturated heterocycles. The largest absolute Gasteiger partial charge is 0.495 e. The van der Waals surface area contributed by atoms with E-state index in [0.717, 1.165) is 19.4 Å². The van der Waals surface area contributed by atoms with Gasteiger partial charge in [0.15, 0.2) is 0 Å². The summed E-state index contributed by atoms with van der Waals surface area (Å²) in [5.41, 5.74) is 1.23. The molecular weight excluding hydrogens is 224 g/mol. The SMILES string of the molecule is C=CO[C@H]1C=C[C@@H](COCc2ccccc2)CC1. The third kappa shape index (κ3) is 4.04. The van der Waals surface area contributed by atoms with Crippen molar-refractivity contribution in [3.8, 4) is 0 Å². The average Bonchev–Trinajstić information content (AvgIpc) is 2.42. The van der Waals surface area contributed by atoms with E-state index in [-0.39, 0.29) is 6.10 Å². The van der Waals surface area contributed by atoms with Gasteiger partial charge in [0, 0.05) is 5.92 Å². The molecule has 1 aliphatic carbocycles. The molecule has 0 heterocycles. The van der Waals surface area contributed by atoms with Crippen LogP contribution in [0.3, 0.4) is 0 Å². The van der Waals surface area contributed by atoms with Gasteiger partial charge in [-0.15, -0.1) is 0 Å². The highest BCUT2D eigenvalue weighted by Gasteiger charge is 2.15. The minimum absolute atomic E-state index is 0.202. The van der Waals surface area contributed by atoms with Crippen LogP contribution >= 0.6 is 0 Å². The summed E-state index contributed by atoms with van der Waals surface area (Å²) in [6.45, 7) is 5.05. The van der Waals surface area contributed by atoms with E-state index in [4.69, 9.17) is 9.47 Å². The first-order chi connectivity index (χ1) is 8.88. The van der Waals surface area contributed by atoms with E-state index in [9.17, 15) is 0 Å². The molecule has 1 aromatic rings. The minimum Gasteiger partial charge on any atom is -0.495 e. The molecule has 2 atom stereocenters. The lowest BCUT2D eigenvalue weighted by Crippen LogP contribution is -2.17. The fourth-order valence-electron chi connectivity index (χ4n) is 2.13. The Balaban J connectivity index is 1.69. The minimum atomic E-state index is 0.202. The summed E-state index contributed by atoms with van der Waals surface area (Å²) in [5, 5.41) is 0. The third-order valence-electron chi connectivity index (χ3n) is 3.13. The second-order valence-electron chi connectivity index (χ2n) is 4.56. The average molecular weight is 244 g/mol. The molecule has 2 rings (SSSR count). The second-order valence-corrected chi connectivity index (χ2v) is 4.56. The molecule has 2 heteroatoms. The number of ether oxygens (including phenoxy) is 2. The van der Waals surface area contributed by atoms with Crippen molar-refractivity contribution < 1.29 is 9.47 Å². The van der Waals surface area contributed by atoms with E-state index < -0.39 is 0 Å². The Hall–Kier alpha value is -1.54. The predicted octanol–water partition coefficient (Wildman–Crippen LogP) is 3.70. The first kappa shape index (κ1) is 12.9. The molecule has 0 saturated carbocycles. The van der Waals surface area contributed by atoms with Gasteiger partial charge in [-0.2, -0.15) is 0 Å². The van der Waals surface area contributed by atoms with Crippen LogP contribution in [0.4, 0.5) is 0 Å². The predicted molar refractivity (Wildman–Crippen MR) is 73.0 cm³/mol. The lowest BCUT2D eigenvalue weighted by molar-refractivity contribution is 0.0857. The van der Waals surface area contributed by atoms with Crippen molar-refractivity contribution in [3.63, 3.8) is 0 Å². The van der Waals surface area contributed by atoms with E-state index in [1.807, 2.05) is 18.2 Å². The second kappa shape index (κ2) is 7.02. The first-order valence-corrected chi connectivity index (χ1v) is 6.45. The Labute approximate surface area is 109 Å². The van der Waals surface area contributed by atoms with E-state index >= 15 is 0 Å². The summed E-state index contributed by atoms with van der Waals surface area (Å²) in [6.07, 6.45) is 8.19. The molecule has 1 aliphatic rings. The fraction of sp³-hybridized carbons (Fsp3) is 0.375. The zero-order valence-corrected chi connectivity index (χ0v) is 10.6. The normalized spacial score (nSPS) is 22.7. The Morgan fingerprint density at radius 1 is 1.17 bits per heavy atom. The van der Waals surface area contributed by atoms with Gasteiger partial charge in [0.2, 0.25) is 0 Å². The molecule has 96 valence electrons. The summed E-state index contributed by atoms with van der Waals surface area (Å²) in [5.74, 6) is 0.512. The smallest absolute Gasteiger partial charge is 0.116 e. The Morgan fingerprint density at radius 3 is 2.67 bits per heavy atom. The van der Waals surface area contributed by atoms with Crippen molar-refractivity contribution in [1.82, 2.24) is 0 Å². The molecule has 0 bridgehead atoms. The zero-order chi connectivity index (χ0) is 12.6. The number of hydrogen-bond donors (Lipinski definition) is 0. The van der Waals surface area contributed by atoms with E-state index in [0.29, 0.717) is 12.5 Å². The summed E-state index contributed by atoms with van der Waals surface area (Å²) < 4.78 is 11.1. The Morgan fingerprint density at radius 2 is 2.00 bits per heavy atom. The molecule has 2 nitrogen and oxygen atoms in total. The maximum atomic E-state index is 5.74. The molecule has 1 aromatic carbocycles. The highest BCUT2D eigenvalue weighted by molar-refractivity contribution is 5.13. The van der Waals surface area contributed by atoms with Crippen molar-refractivity contribution in [3.05, 3.63) is 60.9 Å². The van der Waals surface area contributed by atoms with Crippen LogP contribution in [0.5, 0.6) is 0 Å². The van der Waals surface area contributed by atoms with E-state index in [2.05, 4.69) is 30.9 Å². The summed E-state index contributed by atoms with van der Waals surface area (Å²) in [4.78, 5) is 0. The lowest BCUT2D eigenvalue weighted by atomic mass is 9.95. The van der Waals surface area contributed by atoms with Crippen LogP contribution in [0, 0.1) is 5.92 Å². The molecule has 0 fully saturated rings. The van der Waals surface area contributed by atoms with Crippen molar-refractivity contribution in [2.24, 2.45) is 5.92 Å². The van der Waals surface area contributed by atoms with Crippen LogP contribution in [0.25, 0.3) is 0 Å². The third-order valence-corrected chi connectivity index (χ3v) is 3.13. The fourth-order valence-corrected chi connectivity index (χ4v) is 2.13. The van der Waals surface area contributed by atoms with Crippen LogP contribution in [0.1, 0.15) is 18.4 Å². The van der Waals surface area contributed by atoms with Crippen LogP contribution < -0.4 is 0 Å². The standard InChI is InChI=1S/C16H20O2/c1-2-18-16-10-8-15(9-11-16)13-17-12-14-6-4-3-5-7-14/h2-8,10,15-16H,1,9,11-13H2/t15-,16+/m1/s1. The van der Waals surface area contributed by atoms with Crippen molar-refractivity contribution in [1.29, 1.82) is 0 Å². The lowest BCUT2D eigenvalue weighted by Gasteiger charge is -2.22. The van der Waals surface area contributed by atoms with Gasteiger partial charge in [-0.3, -0.25) is 0 Å². The maximum Gasteiger partial charge on any atom is 0.116 e. The van der Waals surface area contributed by atoms with Gasteiger partial charge in [0.25, 0.3) is 0 Å². The molecule has 0 radical (unpaired) electrons.